The van der Waals surface area contributed by atoms with Gasteiger partial charge in [0.1, 0.15) is 6.33 Å². The summed E-state index contributed by atoms with van der Waals surface area (Å²) in [5.74, 6) is 1.83. The third-order valence-electron chi connectivity index (χ3n) is 4.79. The second-order valence-electron chi connectivity index (χ2n) is 7.19. The van der Waals surface area contributed by atoms with Gasteiger partial charge in [-0.15, -0.1) is 0 Å². The van der Waals surface area contributed by atoms with Crippen molar-refractivity contribution in [2.75, 3.05) is 13.1 Å². The van der Waals surface area contributed by atoms with Crippen molar-refractivity contribution in [2.45, 2.75) is 57.1 Å². The Bertz CT molecular complexity index is 715. The van der Waals surface area contributed by atoms with Crippen molar-refractivity contribution in [3.05, 3.63) is 35.5 Å². The van der Waals surface area contributed by atoms with Crippen LogP contribution in [-0.4, -0.2) is 48.8 Å². The zero-order chi connectivity index (χ0) is 16.6. The second-order valence-corrected chi connectivity index (χ2v) is 7.19. The molecule has 7 heteroatoms. The molecule has 1 saturated heterocycles. The quantitative estimate of drug-likeness (QED) is 0.891. The summed E-state index contributed by atoms with van der Waals surface area (Å²) in [6.07, 6.45) is 6.02. The molecule has 128 valence electrons. The highest BCUT2D eigenvalue weighted by Gasteiger charge is 2.36. The van der Waals surface area contributed by atoms with Crippen molar-refractivity contribution in [1.29, 1.82) is 0 Å². The smallest absolute Gasteiger partial charge is 0.229 e. The molecular weight excluding hydrogens is 306 g/mol. The lowest BCUT2D eigenvalue weighted by Crippen LogP contribution is -2.49. The topological polar surface area (TPSA) is 88.2 Å². The first-order valence-corrected chi connectivity index (χ1v) is 8.64. The number of aromatic nitrogens is 4. The molecule has 7 nitrogen and oxygen atoms in total. The second kappa shape index (κ2) is 6.22. The summed E-state index contributed by atoms with van der Waals surface area (Å²) in [5.41, 5.74) is 1.14. The lowest BCUT2D eigenvalue weighted by atomic mass is 9.89. The number of aliphatic hydroxyl groups is 1. The molecule has 0 radical (unpaired) electrons. The fraction of sp³-hybridized carbons (Fsp3) is 0.647. The molecule has 0 bridgehead atoms. The molecule has 1 atom stereocenters. The van der Waals surface area contributed by atoms with E-state index in [-0.39, 0.29) is 0 Å². The van der Waals surface area contributed by atoms with Gasteiger partial charge in [0.25, 0.3) is 0 Å². The van der Waals surface area contributed by atoms with Crippen LogP contribution in [0.2, 0.25) is 0 Å². The van der Waals surface area contributed by atoms with Crippen molar-refractivity contribution in [2.24, 2.45) is 0 Å². The van der Waals surface area contributed by atoms with Gasteiger partial charge in [-0.1, -0.05) is 5.16 Å². The van der Waals surface area contributed by atoms with Crippen molar-refractivity contribution < 1.29 is 9.63 Å². The third-order valence-corrected chi connectivity index (χ3v) is 4.79. The van der Waals surface area contributed by atoms with Crippen molar-refractivity contribution in [1.82, 2.24) is 25.0 Å². The number of aryl methyl sites for hydroxylation is 1. The number of hydrogen-bond donors (Lipinski definition) is 1. The molecule has 2 aromatic rings. The largest absolute Gasteiger partial charge is 0.388 e. The van der Waals surface area contributed by atoms with E-state index in [0.29, 0.717) is 24.8 Å². The van der Waals surface area contributed by atoms with E-state index >= 15 is 0 Å². The standard InChI is InChI=1S/C17H23N5O2/c1-12-7-14(19-11-18-12)9-22-6-2-5-17(23,10-22)8-15-20-16(21-24-15)13-3-4-13/h7,11,13,23H,2-6,8-10H2,1H3. The maximum Gasteiger partial charge on any atom is 0.229 e. The molecule has 0 amide bonds. The van der Waals surface area contributed by atoms with Crippen LogP contribution in [0.25, 0.3) is 0 Å². The molecule has 0 aromatic carbocycles. The lowest BCUT2D eigenvalue weighted by Gasteiger charge is -2.38. The summed E-state index contributed by atoms with van der Waals surface area (Å²) in [4.78, 5) is 15.1. The van der Waals surface area contributed by atoms with E-state index < -0.39 is 5.60 Å². The van der Waals surface area contributed by atoms with Gasteiger partial charge in [0.2, 0.25) is 5.89 Å². The first-order valence-electron chi connectivity index (χ1n) is 8.64. The molecule has 2 aromatic heterocycles. The van der Waals surface area contributed by atoms with Crippen LogP contribution in [0.5, 0.6) is 0 Å². The highest BCUT2D eigenvalue weighted by molar-refractivity contribution is 5.08. The van der Waals surface area contributed by atoms with Gasteiger partial charge >= 0.3 is 0 Å². The molecule has 4 rings (SSSR count). The predicted molar refractivity (Wildman–Crippen MR) is 86.2 cm³/mol. The van der Waals surface area contributed by atoms with Gasteiger partial charge < -0.3 is 9.63 Å². The minimum absolute atomic E-state index is 0.423. The van der Waals surface area contributed by atoms with Crippen molar-refractivity contribution >= 4 is 0 Å². The molecule has 1 aliphatic carbocycles. The Morgan fingerprint density at radius 2 is 2.25 bits per heavy atom. The van der Waals surface area contributed by atoms with E-state index in [4.69, 9.17) is 4.52 Å². The highest BCUT2D eigenvalue weighted by atomic mass is 16.5. The van der Waals surface area contributed by atoms with E-state index in [1.165, 1.54) is 0 Å². The highest BCUT2D eigenvalue weighted by Crippen LogP contribution is 2.38. The van der Waals surface area contributed by atoms with Gasteiger partial charge in [0, 0.05) is 24.7 Å². The third kappa shape index (κ3) is 3.62. The first-order chi connectivity index (χ1) is 11.6. The van der Waals surface area contributed by atoms with Gasteiger partial charge in [-0.25, -0.2) is 9.97 Å². The summed E-state index contributed by atoms with van der Waals surface area (Å²) in [6, 6.07) is 1.99. The average molecular weight is 329 g/mol. The van der Waals surface area contributed by atoms with E-state index in [1.807, 2.05) is 13.0 Å². The number of hydrogen-bond acceptors (Lipinski definition) is 7. The number of β-amino-alcohol motifs (C(OH)–C–C–N with tert-alkyl or cyclic N) is 1. The summed E-state index contributed by atoms with van der Waals surface area (Å²) in [5, 5.41) is 15.0. The van der Waals surface area contributed by atoms with Gasteiger partial charge in [-0.3, -0.25) is 4.90 Å². The number of piperidine rings is 1. The van der Waals surface area contributed by atoms with Crippen LogP contribution in [0.15, 0.2) is 16.9 Å². The fourth-order valence-corrected chi connectivity index (χ4v) is 3.44. The molecule has 1 unspecified atom stereocenters. The van der Waals surface area contributed by atoms with Crippen LogP contribution in [0, 0.1) is 6.92 Å². The molecule has 2 fully saturated rings. The van der Waals surface area contributed by atoms with Gasteiger partial charge in [-0.2, -0.15) is 4.98 Å². The Morgan fingerprint density at radius 1 is 1.38 bits per heavy atom. The van der Waals surface area contributed by atoms with Crippen LogP contribution < -0.4 is 0 Å². The van der Waals surface area contributed by atoms with Gasteiger partial charge in [-0.05, 0) is 45.2 Å². The van der Waals surface area contributed by atoms with Crippen LogP contribution >= 0.6 is 0 Å². The van der Waals surface area contributed by atoms with Crippen molar-refractivity contribution in [3.63, 3.8) is 0 Å². The Hall–Kier alpha value is -1.86. The Kier molecular flexibility index (Phi) is 4.05. The Balaban J connectivity index is 1.40. The SMILES string of the molecule is Cc1cc(CN2CCCC(O)(Cc3nc(C4CC4)no3)C2)ncn1. The zero-order valence-electron chi connectivity index (χ0n) is 14.0. The molecular formula is C17H23N5O2. The predicted octanol–water partition coefficient (Wildman–Crippen LogP) is 1.62. The molecule has 0 spiro atoms. The van der Waals surface area contributed by atoms with Crippen LogP contribution in [-0.2, 0) is 13.0 Å². The van der Waals surface area contributed by atoms with E-state index in [2.05, 4.69) is 25.0 Å². The molecule has 1 saturated carbocycles. The maximum atomic E-state index is 11.0. The minimum atomic E-state index is -0.812. The monoisotopic (exact) mass is 329 g/mol. The molecule has 24 heavy (non-hydrogen) atoms. The molecule has 2 aliphatic rings. The van der Waals surface area contributed by atoms with E-state index in [1.54, 1.807) is 6.33 Å². The zero-order valence-corrected chi connectivity index (χ0v) is 14.0. The fourth-order valence-electron chi connectivity index (χ4n) is 3.44. The van der Waals surface area contributed by atoms with Gasteiger partial charge in [0.15, 0.2) is 5.82 Å². The molecule has 3 heterocycles. The van der Waals surface area contributed by atoms with E-state index in [9.17, 15) is 5.11 Å². The molecule has 1 N–H and O–H groups in total. The normalized spacial score (nSPS) is 25.1. The minimum Gasteiger partial charge on any atom is -0.388 e. The average Bonchev–Trinajstić information content (AvgIpc) is 3.28. The lowest BCUT2D eigenvalue weighted by molar-refractivity contribution is -0.0376. The van der Waals surface area contributed by atoms with Crippen LogP contribution in [0.3, 0.4) is 0 Å². The summed E-state index contributed by atoms with van der Waals surface area (Å²) in [6.45, 7) is 4.24. The summed E-state index contributed by atoms with van der Waals surface area (Å²) in [7, 11) is 0. The Labute approximate surface area is 141 Å². The first kappa shape index (κ1) is 15.7. The van der Waals surface area contributed by atoms with Crippen LogP contribution in [0.1, 0.15) is 54.7 Å². The van der Waals surface area contributed by atoms with Crippen molar-refractivity contribution in [3.8, 4) is 0 Å². The molecule has 1 aliphatic heterocycles. The Morgan fingerprint density at radius 3 is 3.04 bits per heavy atom. The number of likely N-dealkylation sites (tertiary alicyclic amines) is 1. The maximum absolute atomic E-state index is 11.0. The van der Waals surface area contributed by atoms with E-state index in [0.717, 1.165) is 56.0 Å². The summed E-state index contributed by atoms with van der Waals surface area (Å²) >= 11 is 0. The number of nitrogens with zero attached hydrogens (tertiary/aromatic N) is 5. The van der Waals surface area contributed by atoms with Crippen LogP contribution in [0.4, 0.5) is 0 Å². The van der Waals surface area contributed by atoms with Gasteiger partial charge in [0.05, 0.1) is 17.7 Å². The summed E-state index contributed by atoms with van der Waals surface area (Å²) < 4.78 is 5.34. The number of rotatable bonds is 5.